The number of benzene rings is 5. The van der Waals surface area contributed by atoms with Crippen LogP contribution in [0, 0.1) is 6.92 Å². The first-order valence-corrected chi connectivity index (χ1v) is 17.5. The molecule has 0 unspecified atom stereocenters. The van der Waals surface area contributed by atoms with E-state index in [-0.39, 0.29) is 10.8 Å². The van der Waals surface area contributed by atoms with Gasteiger partial charge in [0.25, 0.3) is 0 Å². The van der Waals surface area contributed by atoms with Gasteiger partial charge < -0.3 is 0 Å². The number of hydrogen-bond donors (Lipinski definition) is 0. The topological polar surface area (TPSA) is 29.0 Å². The zero-order chi connectivity index (χ0) is 34.2. The molecular weight excluding hydrogens is 607 g/mol. The summed E-state index contributed by atoms with van der Waals surface area (Å²) in [7, 11) is 0. The van der Waals surface area contributed by atoms with E-state index in [0.29, 0.717) is 0 Å². The third-order valence-corrected chi connectivity index (χ3v) is 11.2. The Hall–Kier alpha value is -5.80. The fourth-order valence-corrected chi connectivity index (χ4v) is 8.53. The summed E-state index contributed by atoms with van der Waals surface area (Å²) in [6, 6.07) is 48.6. The van der Waals surface area contributed by atoms with Gasteiger partial charge in [0, 0.05) is 23.2 Å². The standard InChI is InChI=1S/C47H39N3/c1-30-38(31-20-22-36-34-14-6-8-16-40(34)46(2,3)42(36)26-31)28-33(50(44-18-10-12-24-48-44)45-19-11-13-25-49-45)29-39(30)32-21-23-37-35-15-7-9-17-41(35)47(4,5)43(37)27-32/h6-29H,1-5H3. The van der Waals surface area contributed by atoms with Crippen LogP contribution in [0.5, 0.6) is 0 Å². The second-order valence-corrected chi connectivity index (χ2v) is 14.7. The summed E-state index contributed by atoms with van der Waals surface area (Å²) >= 11 is 0. The van der Waals surface area contributed by atoms with Crippen molar-refractivity contribution in [3.63, 3.8) is 0 Å². The Morgan fingerprint density at radius 3 is 1.28 bits per heavy atom. The first kappa shape index (κ1) is 30.3. The maximum Gasteiger partial charge on any atom is 0.138 e. The summed E-state index contributed by atoms with van der Waals surface area (Å²) in [6.45, 7) is 11.7. The van der Waals surface area contributed by atoms with Crippen LogP contribution in [0.25, 0.3) is 44.5 Å². The normalized spacial score (nSPS) is 14.4. The summed E-state index contributed by atoms with van der Waals surface area (Å²) in [5.74, 6) is 1.64. The Morgan fingerprint density at radius 1 is 0.420 bits per heavy atom. The van der Waals surface area contributed by atoms with E-state index in [1.54, 1.807) is 0 Å². The predicted molar refractivity (Wildman–Crippen MR) is 207 cm³/mol. The molecule has 9 rings (SSSR count). The molecule has 0 amide bonds. The Labute approximate surface area is 295 Å². The smallest absolute Gasteiger partial charge is 0.138 e. The molecule has 0 bridgehead atoms. The highest BCUT2D eigenvalue weighted by Gasteiger charge is 2.37. The summed E-state index contributed by atoms with van der Waals surface area (Å²) in [4.78, 5) is 11.8. The second kappa shape index (κ2) is 11.1. The number of fused-ring (bicyclic) bond motifs is 6. The second-order valence-electron chi connectivity index (χ2n) is 14.7. The SMILES string of the molecule is Cc1c(-c2ccc3c(c2)C(C)(C)c2ccccc2-3)cc(N(c2ccccn2)c2ccccn2)cc1-c1ccc2c(c1)C(C)(C)c1ccccc1-2. The van der Waals surface area contributed by atoms with Gasteiger partial charge >= 0.3 is 0 Å². The number of hydrogen-bond acceptors (Lipinski definition) is 3. The molecule has 3 heteroatoms. The molecule has 5 aromatic carbocycles. The molecule has 2 aromatic heterocycles. The Kier molecular flexibility index (Phi) is 6.73. The van der Waals surface area contributed by atoms with Gasteiger partial charge in [-0.15, -0.1) is 0 Å². The van der Waals surface area contributed by atoms with E-state index in [1.807, 2.05) is 36.7 Å². The molecule has 2 aliphatic rings. The largest absolute Gasteiger partial charge is 0.279 e. The van der Waals surface area contributed by atoms with Gasteiger partial charge in [0.1, 0.15) is 11.6 Å². The zero-order valence-corrected chi connectivity index (χ0v) is 29.2. The van der Waals surface area contributed by atoms with Gasteiger partial charge in [-0.2, -0.15) is 0 Å². The molecule has 0 aliphatic heterocycles. The highest BCUT2D eigenvalue weighted by Crippen LogP contribution is 2.52. The molecule has 0 saturated heterocycles. The van der Waals surface area contributed by atoms with Gasteiger partial charge in [-0.3, -0.25) is 4.90 Å². The third kappa shape index (κ3) is 4.50. The van der Waals surface area contributed by atoms with Crippen molar-refractivity contribution in [2.45, 2.75) is 45.4 Å². The van der Waals surface area contributed by atoms with E-state index in [4.69, 9.17) is 9.97 Å². The van der Waals surface area contributed by atoms with Crippen LogP contribution in [0.3, 0.4) is 0 Å². The lowest BCUT2D eigenvalue weighted by atomic mass is 9.80. The van der Waals surface area contributed by atoms with Gasteiger partial charge in [0.2, 0.25) is 0 Å². The van der Waals surface area contributed by atoms with Gasteiger partial charge in [0.15, 0.2) is 0 Å². The summed E-state index contributed by atoms with van der Waals surface area (Å²) in [6.07, 6.45) is 3.70. The number of aromatic nitrogens is 2. The van der Waals surface area contributed by atoms with Crippen LogP contribution in [0.4, 0.5) is 17.3 Å². The van der Waals surface area contributed by atoms with Gasteiger partial charge in [0.05, 0.1) is 5.69 Å². The van der Waals surface area contributed by atoms with Crippen LogP contribution in [0.1, 0.15) is 55.5 Å². The molecule has 50 heavy (non-hydrogen) atoms. The van der Waals surface area contributed by atoms with Crippen LogP contribution < -0.4 is 4.90 Å². The molecule has 7 aromatic rings. The maximum atomic E-state index is 4.82. The van der Waals surface area contributed by atoms with E-state index >= 15 is 0 Å². The molecule has 0 fully saturated rings. The van der Waals surface area contributed by atoms with Crippen molar-refractivity contribution in [2.75, 3.05) is 4.90 Å². The van der Waals surface area contributed by atoms with Crippen molar-refractivity contribution in [1.82, 2.24) is 9.97 Å². The van der Waals surface area contributed by atoms with E-state index in [1.165, 1.54) is 72.3 Å². The van der Waals surface area contributed by atoms with E-state index in [0.717, 1.165) is 17.3 Å². The van der Waals surface area contributed by atoms with Crippen LogP contribution in [-0.2, 0) is 10.8 Å². The molecular formula is C47H39N3. The van der Waals surface area contributed by atoms with Gasteiger partial charge in [-0.25, -0.2) is 9.97 Å². The lowest BCUT2D eigenvalue weighted by molar-refractivity contribution is 0.660. The minimum Gasteiger partial charge on any atom is -0.279 e. The fraction of sp³-hybridized carbons (Fsp3) is 0.149. The third-order valence-electron chi connectivity index (χ3n) is 11.2. The fourth-order valence-electron chi connectivity index (χ4n) is 8.53. The number of nitrogens with zero attached hydrogens (tertiary/aromatic N) is 3. The Balaban J connectivity index is 1.28. The van der Waals surface area contributed by atoms with Crippen molar-refractivity contribution in [3.05, 3.63) is 174 Å². The molecule has 0 spiro atoms. The Bertz CT molecular complexity index is 2270. The van der Waals surface area contributed by atoms with Crippen LogP contribution in [-0.4, -0.2) is 9.97 Å². The molecule has 2 heterocycles. The molecule has 0 N–H and O–H groups in total. The minimum absolute atomic E-state index is 0.0925. The lowest BCUT2D eigenvalue weighted by Crippen LogP contribution is -2.15. The molecule has 3 nitrogen and oxygen atoms in total. The summed E-state index contributed by atoms with van der Waals surface area (Å²) in [5.41, 5.74) is 17.7. The zero-order valence-electron chi connectivity index (χ0n) is 29.2. The number of pyridine rings is 2. The summed E-state index contributed by atoms with van der Waals surface area (Å²) < 4.78 is 0. The molecule has 2 aliphatic carbocycles. The summed E-state index contributed by atoms with van der Waals surface area (Å²) in [5, 5.41) is 0. The van der Waals surface area contributed by atoms with E-state index < -0.39 is 0 Å². The van der Waals surface area contributed by atoms with E-state index in [9.17, 15) is 0 Å². The highest BCUT2D eigenvalue weighted by atomic mass is 15.2. The van der Waals surface area contributed by atoms with Crippen molar-refractivity contribution in [2.24, 2.45) is 0 Å². The van der Waals surface area contributed by atoms with Crippen molar-refractivity contribution >= 4 is 17.3 Å². The lowest BCUT2D eigenvalue weighted by Gasteiger charge is -2.27. The van der Waals surface area contributed by atoms with E-state index in [2.05, 4.69) is 149 Å². The predicted octanol–water partition coefficient (Wildman–Crippen LogP) is 12.2. The number of anilines is 3. The van der Waals surface area contributed by atoms with Gasteiger partial charge in [-0.1, -0.05) is 113 Å². The Morgan fingerprint density at radius 2 is 0.840 bits per heavy atom. The molecule has 0 saturated carbocycles. The average Bonchev–Trinajstić information content (AvgIpc) is 3.52. The van der Waals surface area contributed by atoms with Crippen molar-refractivity contribution < 1.29 is 0 Å². The molecule has 0 radical (unpaired) electrons. The average molecular weight is 646 g/mol. The maximum absolute atomic E-state index is 4.82. The van der Waals surface area contributed by atoms with Crippen molar-refractivity contribution in [1.29, 1.82) is 0 Å². The van der Waals surface area contributed by atoms with Gasteiger partial charge in [-0.05, 0) is 128 Å². The van der Waals surface area contributed by atoms with Crippen LogP contribution in [0.15, 0.2) is 146 Å². The highest BCUT2D eigenvalue weighted by molar-refractivity contribution is 5.91. The number of rotatable bonds is 5. The molecule has 0 atom stereocenters. The molecule has 242 valence electrons. The van der Waals surface area contributed by atoms with Crippen LogP contribution >= 0.6 is 0 Å². The first-order valence-electron chi connectivity index (χ1n) is 17.5. The quantitative estimate of drug-likeness (QED) is 0.186. The van der Waals surface area contributed by atoms with Crippen LogP contribution in [0.2, 0.25) is 0 Å². The minimum atomic E-state index is -0.0925. The first-order chi connectivity index (χ1) is 24.2. The monoisotopic (exact) mass is 645 g/mol. The van der Waals surface area contributed by atoms with Crippen molar-refractivity contribution in [3.8, 4) is 44.5 Å².